The fourth-order valence-electron chi connectivity index (χ4n) is 0.965. The van der Waals surface area contributed by atoms with Gasteiger partial charge in [-0.3, -0.25) is 4.79 Å². The van der Waals surface area contributed by atoms with E-state index in [1.54, 1.807) is 0 Å². The number of carbonyl (C=O) groups is 1. The van der Waals surface area contributed by atoms with Gasteiger partial charge in [-0.05, 0) is 6.42 Å². The third-order valence-electron chi connectivity index (χ3n) is 1.75. The summed E-state index contributed by atoms with van der Waals surface area (Å²) in [5.41, 5.74) is 10.5. The predicted molar refractivity (Wildman–Crippen MR) is 53.3 cm³/mol. The van der Waals surface area contributed by atoms with Crippen LogP contribution in [0.25, 0.3) is 0 Å². The van der Waals surface area contributed by atoms with Crippen LogP contribution >= 0.6 is 0 Å². The number of carbonyl (C=O) groups excluding carboxylic acids is 1. The third-order valence-corrected chi connectivity index (χ3v) is 1.75. The summed E-state index contributed by atoms with van der Waals surface area (Å²) in [5.74, 6) is 0.415. The molecule has 0 radical (unpaired) electrons. The number of hydrogen-bond donors (Lipinski definition) is 3. The Morgan fingerprint density at radius 2 is 2.29 bits per heavy atom. The monoisotopic (exact) mass is 195 g/mol. The molecular weight excluding hydrogens is 182 g/mol. The van der Waals surface area contributed by atoms with Crippen LogP contribution in [-0.2, 0) is 4.79 Å². The van der Waals surface area contributed by atoms with Gasteiger partial charge in [0.25, 0.3) is 0 Å². The SMILES string of the molecule is CCC(Nc1cnc(N)cn1)C(N)=O. The topological polar surface area (TPSA) is 107 Å². The molecule has 1 amide bonds. The van der Waals surface area contributed by atoms with Crippen molar-refractivity contribution < 1.29 is 4.79 Å². The summed E-state index contributed by atoms with van der Waals surface area (Å²) in [6, 6.07) is -0.423. The van der Waals surface area contributed by atoms with Gasteiger partial charge in [-0.1, -0.05) is 6.92 Å². The normalized spacial score (nSPS) is 12.1. The molecule has 0 aromatic carbocycles. The second-order valence-corrected chi connectivity index (χ2v) is 2.83. The highest BCUT2D eigenvalue weighted by Crippen LogP contribution is 2.05. The summed E-state index contributed by atoms with van der Waals surface area (Å²) in [5, 5.41) is 2.85. The van der Waals surface area contributed by atoms with E-state index in [-0.39, 0.29) is 0 Å². The second-order valence-electron chi connectivity index (χ2n) is 2.83. The minimum Gasteiger partial charge on any atom is -0.382 e. The largest absolute Gasteiger partial charge is 0.382 e. The Balaban J connectivity index is 2.67. The van der Waals surface area contributed by atoms with E-state index in [2.05, 4.69) is 15.3 Å². The van der Waals surface area contributed by atoms with Crippen LogP contribution in [0.5, 0.6) is 0 Å². The molecule has 76 valence electrons. The third kappa shape index (κ3) is 2.58. The maximum absolute atomic E-state index is 10.9. The lowest BCUT2D eigenvalue weighted by Crippen LogP contribution is -2.35. The van der Waals surface area contributed by atoms with Crippen molar-refractivity contribution in [1.82, 2.24) is 9.97 Å². The minimum atomic E-state index is -0.423. The fourth-order valence-corrected chi connectivity index (χ4v) is 0.965. The maximum atomic E-state index is 10.9. The molecule has 0 saturated carbocycles. The van der Waals surface area contributed by atoms with Gasteiger partial charge in [0.15, 0.2) is 0 Å². The van der Waals surface area contributed by atoms with Crippen molar-refractivity contribution >= 4 is 17.5 Å². The van der Waals surface area contributed by atoms with Crippen molar-refractivity contribution in [2.24, 2.45) is 5.73 Å². The van der Waals surface area contributed by atoms with Crippen molar-refractivity contribution in [3.63, 3.8) is 0 Å². The van der Waals surface area contributed by atoms with Crippen molar-refractivity contribution in [2.45, 2.75) is 19.4 Å². The Hall–Kier alpha value is -1.85. The Morgan fingerprint density at radius 3 is 2.71 bits per heavy atom. The van der Waals surface area contributed by atoms with Gasteiger partial charge in [0.2, 0.25) is 5.91 Å². The lowest BCUT2D eigenvalue weighted by atomic mass is 10.2. The highest BCUT2D eigenvalue weighted by Gasteiger charge is 2.12. The highest BCUT2D eigenvalue weighted by atomic mass is 16.1. The van der Waals surface area contributed by atoms with Crippen LogP contribution in [0, 0.1) is 0 Å². The highest BCUT2D eigenvalue weighted by molar-refractivity contribution is 5.82. The number of aromatic nitrogens is 2. The molecule has 1 aromatic heterocycles. The number of nitrogens with zero attached hydrogens (tertiary/aromatic N) is 2. The summed E-state index contributed by atoms with van der Waals surface area (Å²) in [6.45, 7) is 1.85. The Morgan fingerprint density at radius 1 is 1.57 bits per heavy atom. The lowest BCUT2D eigenvalue weighted by molar-refractivity contribution is -0.118. The number of nitrogens with two attached hydrogens (primary N) is 2. The van der Waals surface area contributed by atoms with Crippen molar-refractivity contribution in [3.05, 3.63) is 12.4 Å². The zero-order valence-electron chi connectivity index (χ0n) is 7.90. The van der Waals surface area contributed by atoms with Crippen molar-refractivity contribution in [1.29, 1.82) is 0 Å². The first kappa shape index (κ1) is 10.2. The van der Waals surface area contributed by atoms with Gasteiger partial charge >= 0.3 is 0 Å². The van der Waals surface area contributed by atoms with Gasteiger partial charge in [0, 0.05) is 0 Å². The quantitative estimate of drug-likeness (QED) is 0.613. The van der Waals surface area contributed by atoms with Crippen LogP contribution in [-0.4, -0.2) is 21.9 Å². The van der Waals surface area contributed by atoms with E-state index in [1.165, 1.54) is 12.4 Å². The van der Waals surface area contributed by atoms with Gasteiger partial charge in [0.05, 0.1) is 12.4 Å². The van der Waals surface area contributed by atoms with Gasteiger partial charge in [-0.15, -0.1) is 0 Å². The molecule has 0 aliphatic rings. The molecule has 1 aromatic rings. The molecule has 1 unspecified atom stereocenters. The van der Waals surface area contributed by atoms with E-state index < -0.39 is 11.9 Å². The number of rotatable bonds is 4. The molecule has 0 aliphatic carbocycles. The van der Waals surface area contributed by atoms with Gasteiger partial charge in [0.1, 0.15) is 17.7 Å². The van der Waals surface area contributed by atoms with E-state index >= 15 is 0 Å². The zero-order valence-corrected chi connectivity index (χ0v) is 7.90. The van der Waals surface area contributed by atoms with Crippen LogP contribution in [0.4, 0.5) is 11.6 Å². The Labute approximate surface area is 81.7 Å². The maximum Gasteiger partial charge on any atom is 0.239 e. The number of amides is 1. The van der Waals surface area contributed by atoms with Crippen LogP contribution in [0.3, 0.4) is 0 Å². The Kier molecular flexibility index (Phi) is 3.22. The van der Waals surface area contributed by atoms with Crippen LogP contribution in [0.15, 0.2) is 12.4 Å². The van der Waals surface area contributed by atoms with Gasteiger partial charge in [-0.2, -0.15) is 0 Å². The minimum absolute atomic E-state index is 0.336. The molecule has 0 aliphatic heterocycles. The average molecular weight is 195 g/mol. The van der Waals surface area contributed by atoms with Crippen LogP contribution in [0.1, 0.15) is 13.3 Å². The van der Waals surface area contributed by atoms with E-state index in [9.17, 15) is 4.79 Å². The number of primary amides is 1. The number of hydrogen-bond acceptors (Lipinski definition) is 5. The number of nitrogens with one attached hydrogen (secondary N) is 1. The average Bonchev–Trinajstić information content (AvgIpc) is 2.16. The smallest absolute Gasteiger partial charge is 0.239 e. The molecule has 0 fully saturated rings. The summed E-state index contributed by atoms with van der Waals surface area (Å²) < 4.78 is 0. The first-order valence-corrected chi connectivity index (χ1v) is 4.27. The standard InChI is InChI=1S/C8H13N5O/c1-2-5(8(10)14)13-7-4-11-6(9)3-12-7/h3-5H,2H2,1H3,(H2,9,11)(H2,10,14)(H,12,13). The first-order valence-electron chi connectivity index (χ1n) is 4.27. The summed E-state index contributed by atoms with van der Waals surface area (Å²) in [7, 11) is 0. The number of nitrogen functional groups attached to an aromatic ring is 1. The molecule has 6 nitrogen and oxygen atoms in total. The number of anilines is 2. The molecule has 1 rings (SSSR count). The molecule has 14 heavy (non-hydrogen) atoms. The van der Waals surface area contributed by atoms with E-state index in [0.717, 1.165) is 0 Å². The molecule has 0 saturated heterocycles. The summed E-state index contributed by atoms with van der Waals surface area (Å²) in [4.78, 5) is 18.7. The van der Waals surface area contributed by atoms with Gasteiger partial charge in [-0.25, -0.2) is 9.97 Å². The fraction of sp³-hybridized carbons (Fsp3) is 0.375. The molecule has 1 heterocycles. The van der Waals surface area contributed by atoms with Crippen LogP contribution in [0.2, 0.25) is 0 Å². The van der Waals surface area contributed by atoms with Crippen LogP contribution < -0.4 is 16.8 Å². The van der Waals surface area contributed by atoms with E-state index in [4.69, 9.17) is 11.5 Å². The molecule has 5 N–H and O–H groups in total. The molecule has 0 bridgehead atoms. The van der Waals surface area contributed by atoms with Crippen molar-refractivity contribution in [3.8, 4) is 0 Å². The first-order chi connectivity index (χ1) is 6.63. The predicted octanol–water partition coefficient (Wildman–Crippen LogP) is -0.265. The molecular formula is C8H13N5O. The second kappa shape index (κ2) is 4.40. The molecule has 6 heteroatoms. The lowest BCUT2D eigenvalue weighted by Gasteiger charge is -2.12. The summed E-state index contributed by atoms with van der Waals surface area (Å²) >= 11 is 0. The summed E-state index contributed by atoms with van der Waals surface area (Å²) in [6.07, 6.45) is 3.47. The molecule has 1 atom stereocenters. The zero-order chi connectivity index (χ0) is 10.6. The van der Waals surface area contributed by atoms with Crippen molar-refractivity contribution in [2.75, 3.05) is 11.1 Å². The molecule has 0 spiro atoms. The Bertz CT molecular complexity index is 310. The van der Waals surface area contributed by atoms with E-state index in [0.29, 0.717) is 18.1 Å². The van der Waals surface area contributed by atoms with Gasteiger partial charge < -0.3 is 16.8 Å². The van der Waals surface area contributed by atoms with E-state index in [1.807, 2.05) is 6.92 Å².